The molecule has 7 heavy (non-hydrogen) atoms. The van der Waals surface area contributed by atoms with Crippen LogP contribution >= 0.6 is 0 Å². The van der Waals surface area contributed by atoms with E-state index >= 15 is 0 Å². The molecule has 0 amide bonds. The Balaban J connectivity index is -0.0000000800. The third-order valence-corrected chi connectivity index (χ3v) is 0.493. The van der Waals surface area contributed by atoms with Crippen molar-refractivity contribution in [1.29, 1.82) is 0 Å². The zero-order chi connectivity index (χ0) is 4.28. The van der Waals surface area contributed by atoms with Crippen molar-refractivity contribution in [3.05, 3.63) is 18.6 Å². The normalized spacial score (nSPS) is 8.57. The summed E-state index contributed by atoms with van der Waals surface area (Å²) in [5, 5.41) is 0. The Labute approximate surface area is 72.3 Å². The number of rotatable bonds is 0. The summed E-state index contributed by atoms with van der Waals surface area (Å²) in [5.41, 5.74) is 1.13. The van der Waals surface area contributed by atoms with Gasteiger partial charge in [0.25, 0.3) is 0 Å². The molecule has 0 radical (unpaired) electrons. The van der Waals surface area contributed by atoms with Crippen LogP contribution < -0.4 is 17.0 Å². The van der Waals surface area contributed by atoms with Crippen molar-refractivity contribution >= 4 is 23.1 Å². The quantitative estimate of drug-likeness (QED) is 0.306. The molecule has 0 atom stereocenters. The van der Waals surface area contributed by atoms with Gasteiger partial charge in [-0.15, -0.1) is 6.92 Å². The molecular weight excluding hydrogens is 164 g/mol. The summed E-state index contributed by atoms with van der Waals surface area (Å²) in [6.45, 7) is 7.56. The van der Waals surface area contributed by atoms with Gasteiger partial charge in [-0.2, -0.15) is 0 Å². The Bertz CT molecular complexity index is 46.0. The molecule has 0 fully saturated rings. The van der Waals surface area contributed by atoms with Crippen molar-refractivity contribution in [3.8, 4) is 0 Å². The van der Waals surface area contributed by atoms with Crippen molar-refractivity contribution in [1.82, 2.24) is 0 Å². The van der Waals surface area contributed by atoms with Gasteiger partial charge < -0.3 is 17.0 Å². The Morgan fingerprint density at radius 3 is 1.71 bits per heavy atom. The summed E-state index contributed by atoms with van der Waals surface area (Å²) in [6.07, 6.45) is 1.97. The zero-order valence-electron chi connectivity index (χ0n) is 4.87. The van der Waals surface area contributed by atoms with E-state index in [-0.39, 0.29) is 40.0 Å². The Kier molecular flexibility index (Phi) is 22.3. The summed E-state index contributed by atoms with van der Waals surface area (Å²) in [5.74, 6) is 0. The minimum absolute atomic E-state index is 0. The molecule has 0 aromatic rings. The van der Waals surface area contributed by atoms with E-state index in [2.05, 4.69) is 6.92 Å². The maximum atomic E-state index is 3.62. The maximum absolute atomic E-state index is 3.62. The largest absolute Gasteiger partial charge is 2.00 e. The van der Waals surface area contributed by atoms with Crippen LogP contribution in [0.3, 0.4) is 0 Å². The first-order valence-electron chi connectivity index (χ1n) is 1.72. The molecule has 0 nitrogen and oxygen atoms in total. The van der Waals surface area contributed by atoms with Crippen molar-refractivity contribution in [2.24, 2.45) is 0 Å². The fraction of sp³-hybridized carbons (Fsp3) is 0.400. The second kappa shape index (κ2) is 9.97. The van der Waals surface area contributed by atoms with Crippen molar-refractivity contribution in [2.45, 2.75) is 13.8 Å². The van der Waals surface area contributed by atoms with E-state index in [1.807, 2.05) is 19.9 Å². The molecule has 0 spiro atoms. The molecule has 0 aromatic carbocycles. The van der Waals surface area contributed by atoms with Gasteiger partial charge in [-0.05, 0) is 0 Å². The van der Waals surface area contributed by atoms with Crippen molar-refractivity contribution < 1.29 is 17.0 Å². The van der Waals surface area contributed by atoms with E-state index in [9.17, 15) is 0 Å². The second-order valence-electron chi connectivity index (χ2n) is 1.14. The smallest absolute Gasteiger partial charge is 1.00 e. The van der Waals surface area contributed by atoms with Gasteiger partial charge in [0.05, 0.1) is 0 Å². The third kappa shape index (κ3) is 19.8. The molecule has 0 saturated carbocycles. The SMILES string of the molecule is [Br-].[CH2-]C(C)=CC.[Mg+2]. The Morgan fingerprint density at radius 2 is 1.71 bits per heavy atom. The van der Waals surface area contributed by atoms with Crippen LogP contribution in [0.25, 0.3) is 0 Å². The van der Waals surface area contributed by atoms with Gasteiger partial charge in [0.2, 0.25) is 0 Å². The van der Waals surface area contributed by atoms with Gasteiger partial charge in [-0.25, -0.2) is 18.6 Å². The second-order valence-corrected chi connectivity index (χ2v) is 1.14. The molecule has 0 heterocycles. The molecule has 0 aliphatic rings. The van der Waals surface area contributed by atoms with Crippen LogP contribution in [-0.4, -0.2) is 23.1 Å². The minimum atomic E-state index is 0. The predicted molar refractivity (Wildman–Crippen MR) is 30.5 cm³/mol. The number of hydrogen-bond donors (Lipinski definition) is 0. The van der Waals surface area contributed by atoms with Crippen LogP contribution in [0, 0.1) is 6.92 Å². The first kappa shape index (κ1) is 15.7. The van der Waals surface area contributed by atoms with E-state index in [0.29, 0.717) is 0 Å². The van der Waals surface area contributed by atoms with Crippen molar-refractivity contribution in [3.63, 3.8) is 0 Å². The van der Waals surface area contributed by atoms with E-state index in [0.717, 1.165) is 5.57 Å². The summed E-state index contributed by atoms with van der Waals surface area (Å²) in [4.78, 5) is 0. The molecule has 0 aromatic heterocycles. The van der Waals surface area contributed by atoms with Crippen LogP contribution in [-0.2, 0) is 0 Å². The van der Waals surface area contributed by atoms with Gasteiger partial charge in [0.15, 0.2) is 0 Å². The van der Waals surface area contributed by atoms with Crippen LogP contribution in [0.1, 0.15) is 13.8 Å². The molecule has 0 aliphatic carbocycles. The number of halogens is 1. The van der Waals surface area contributed by atoms with E-state index in [1.165, 1.54) is 0 Å². The Morgan fingerprint density at radius 1 is 1.57 bits per heavy atom. The van der Waals surface area contributed by atoms with Gasteiger partial charge in [0, 0.05) is 0 Å². The topological polar surface area (TPSA) is 0 Å². The molecule has 0 rings (SSSR count). The minimum Gasteiger partial charge on any atom is -1.00 e. The molecule has 0 saturated heterocycles. The molecule has 0 aliphatic heterocycles. The standard InChI is InChI=1S/C5H9.BrH.Mg/c1-4-5(2)3;;/h4H,2H2,1,3H3;1H;/q-1;;+2/p-1. The van der Waals surface area contributed by atoms with Crippen LogP contribution in [0.2, 0.25) is 0 Å². The first-order chi connectivity index (χ1) is 2.27. The molecule has 0 N–H and O–H groups in total. The van der Waals surface area contributed by atoms with Gasteiger partial charge in [-0.1, -0.05) is 6.92 Å². The molecule has 0 bridgehead atoms. The number of allylic oxidation sites excluding steroid dienone is 2. The van der Waals surface area contributed by atoms with Gasteiger partial charge >= 0.3 is 23.1 Å². The van der Waals surface area contributed by atoms with Gasteiger partial charge in [-0.3, -0.25) is 0 Å². The summed E-state index contributed by atoms with van der Waals surface area (Å²) in [7, 11) is 0. The average Bonchev–Trinajstić information content (AvgIpc) is 1.38. The fourth-order valence-electron chi connectivity index (χ4n) is 0. The maximum Gasteiger partial charge on any atom is 2.00 e. The molecule has 2 heteroatoms. The summed E-state index contributed by atoms with van der Waals surface area (Å²) in [6, 6.07) is 0. The summed E-state index contributed by atoms with van der Waals surface area (Å²) >= 11 is 0. The van der Waals surface area contributed by atoms with Crippen LogP contribution in [0.4, 0.5) is 0 Å². The molecular formula is C5H9BrMg. The van der Waals surface area contributed by atoms with E-state index in [1.54, 1.807) is 0 Å². The predicted octanol–water partition coefficient (Wildman–Crippen LogP) is -1.59. The molecule has 38 valence electrons. The monoisotopic (exact) mass is 172 g/mol. The van der Waals surface area contributed by atoms with Crippen LogP contribution in [0.15, 0.2) is 11.6 Å². The number of hydrogen-bond acceptors (Lipinski definition) is 0. The first-order valence-corrected chi connectivity index (χ1v) is 1.72. The van der Waals surface area contributed by atoms with Crippen LogP contribution in [0.5, 0.6) is 0 Å². The zero-order valence-corrected chi connectivity index (χ0v) is 7.87. The van der Waals surface area contributed by atoms with Gasteiger partial charge in [0.1, 0.15) is 0 Å². The van der Waals surface area contributed by atoms with Crippen molar-refractivity contribution in [2.75, 3.05) is 0 Å². The van der Waals surface area contributed by atoms with E-state index in [4.69, 9.17) is 0 Å². The third-order valence-electron chi connectivity index (χ3n) is 0.493. The fourth-order valence-corrected chi connectivity index (χ4v) is 0. The summed E-state index contributed by atoms with van der Waals surface area (Å²) < 4.78 is 0. The average molecular weight is 173 g/mol. The Hall–Kier alpha value is 0.856. The van der Waals surface area contributed by atoms with E-state index < -0.39 is 0 Å². The molecule has 0 unspecified atom stereocenters.